The molecule has 0 atom stereocenters. The van der Waals surface area contributed by atoms with E-state index in [1.807, 2.05) is 79.7 Å². The first kappa shape index (κ1) is 21.5. The van der Waals surface area contributed by atoms with Gasteiger partial charge in [0.05, 0.1) is 17.4 Å². The summed E-state index contributed by atoms with van der Waals surface area (Å²) in [5.41, 5.74) is 3.39. The van der Waals surface area contributed by atoms with Gasteiger partial charge in [0.25, 0.3) is 5.56 Å². The lowest BCUT2D eigenvalue weighted by molar-refractivity contribution is -0.116. The van der Waals surface area contributed by atoms with E-state index in [0.717, 1.165) is 23.4 Å². The van der Waals surface area contributed by atoms with Gasteiger partial charge in [0.15, 0.2) is 0 Å². The van der Waals surface area contributed by atoms with Gasteiger partial charge in [-0.2, -0.15) is 0 Å². The average Bonchev–Trinajstić information content (AvgIpc) is 2.82. The molecule has 0 fully saturated rings. The van der Waals surface area contributed by atoms with E-state index in [4.69, 9.17) is 0 Å². The van der Waals surface area contributed by atoms with Gasteiger partial charge in [-0.05, 0) is 30.3 Å². The zero-order valence-corrected chi connectivity index (χ0v) is 18.0. The number of anilines is 1. The Bertz CT molecular complexity index is 1270. The molecule has 4 rings (SSSR count). The molecule has 162 valence electrons. The Labute approximate surface area is 186 Å². The van der Waals surface area contributed by atoms with E-state index in [0.29, 0.717) is 36.2 Å². The molecule has 1 amide bonds. The molecule has 3 aromatic carbocycles. The van der Waals surface area contributed by atoms with E-state index >= 15 is 0 Å². The lowest BCUT2D eigenvalue weighted by Gasteiger charge is -2.20. The van der Waals surface area contributed by atoms with Crippen LogP contribution in [-0.2, 0) is 11.3 Å². The predicted molar refractivity (Wildman–Crippen MR) is 128 cm³/mol. The van der Waals surface area contributed by atoms with Crippen molar-refractivity contribution in [1.82, 2.24) is 14.9 Å². The Hall–Kier alpha value is -3.77. The molecule has 0 saturated carbocycles. The lowest BCUT2D eigenvalue weighted by Crippen LogP contribution is -2.29. The van der Waals surface area contributed by atoms with Gasteiger partial charge in [-0.25, -0.2) is 4.98 Å². The monoisotopic (exact) mass is 426 g/mol. The van der Waals surface area contributed by atoms with Crippen molar-refractivity contribution in [2.75, 3.05) is 18.4 Å². The van der Waals surface area contributed by atoms with Crippen molar-refractivity contribution in [3.63, 3.8) is 0 Å². The summed E-state index contributed by atoms with van der Waals surface area (Å²) < 4.78 is 0. The Balaban J connectivity index is 1.40. The van der Waals surface area contributed by atoms with Crippen LogP contribution in [-0.4, -0.2) is 33.9 Å². The minimum atomic E-state index is -0.142. The molecule has 0 saturated heterocycles. The Morgan fingerprint density at radius 2 is 1.69 bits per heavy atom. The quantitative estimate of drug-likeness (QED) is 0.437. The van der Waals surface area contributed by atoms with Gasteiger partial charge >= 0.3 is 0 Å². The van der Waals surface area contributed by atoms with Gasteiger partial charge in [0, 0.05) is 24.2 Å². The molecule has 4 aromatic rings. The largest absolute Gasteiger partial charge is 0.325 e. The number of aromatic nitrogens is 2. The Kier molecular flexibility index (Phi) is 6.72. The maximum atomic E-state index is 12.7. The molecule has 0 aliphatic rings. The Morgan fingerprint density at radius 3 is 2.50 bits per heavy atom. The second-order valence-electron chi connectivity index (χ2n) is 7.61. The number of aromatic amines is 1. The van der Waals surface area contributed by atoms with Crippen LogP contribution in [0.3, 0.4) is 0 Å². The zero-order valence-electron chi connectivity index (χ0n) is 18.0. The molecule has 32 heavy (non-hydrogen) atoms. The highest BCUT2D eigenvalue weighted by atomic mass is 16.1. The van der Waals surface area contributed by atoms with Gasteiger partial charge < -0.3 is 10.3 Å². The number of hydrogen-bond acceptors (Lipinski definition) is 4. The van der Waals surface area contributed by atoms with Crippen LogP contribution in [0.5, 0.6) is 0 Å². The normalized spacial score (nSPS) is 11.1. The fourth-order valence-corrected chi connectivity index (χ4v) is 3.70. The smallest absolute Gasteiger partial charge is 0.258 e. The second-order valence-corrected chi connectivity index (χ2v) is 7.61. The number of para-hydroxylation sites is 2. The van der Waals surface area contributed by atoms with Gasteiger partial charge in [-0.15, -0.1) is 0 Å². The van der Waals surface area contributed by atoms with E-state index in [1.165, 1.54) is 0 Å². The highest BCUT2D eigenvalue weighted by Crippen LogP contribution is 2.27. The minimum absolute atomic E-state index is 0.0493. The maximum Gasteiger partial charge on any atom is 0.258 e. The van der Waals surface area contributed by atoms with Crippen LogP contribution >= 0.6 is 0 Å². The molecular formula is C26H26N4O2. The predicted octanol–water partition coefficient (Wildman–Crippen LogP) is 4.44. The van der Waals surface area contributed by atoms with Crippen molar-refractivity contribution in [3.05, 3.63) is 95.0 Å². The number of hydrogen-bond donors (Lipinski definition) is 2. The molecule has 0 aliphatic carbocycles. The van der Waals surface area contributed by atoms with E-state index in [1.54, 1.807) is 6.07 Å². The second kappa shape index (κ2) is 10.0. The number of H-pyrrole nitrogens is 1. The van der Waals surface area contributed by atoms with Crippen molar-refractivity contribution < 1.29 is 4.79 Å². The van der Waals surface area contributed by atoms with Crippen LogP contribution in [0.2, 0.25) is 0 Å². The van der Waals surface area contributed by atoms with Crippen LogP contribution in [0.25, 0.3) is 22.0 Å². The van der Waals surface area contributed by atoms with Crippen LogP contribution in [0, 0.1) is 0 Å². The van der Waals surface area contributed by atoms with E-state index in [-0.39, 0.29) is 11.5 Å². The van der Waals surface area contributed by atoms with E-state index < -0.39 is 0 Å². The summed E-state index contributed by atoms with van der Waals surface area (Å²) in [7, 11) is 0. The van der Waals surface area contributed by atoms with Gasteiger partial charge in [-0.3, -0.25) is 14.5 Å². The van der Waals surface area contributed by atoms with E-state index in [2.05, 4.69) is 20.2 Å². The number of carbonyl (C=O) groups is 1. The topological polar surface area (TPSA) is 78.1 Å². The summed E-state index contributed by atoms with van der Waals surface area (Å²) in [6, 6.07) is 25.1. The molecule has 6 heteroatoms. The fourth-order valence-electron chi connectivity index (χ4n) is 3.70. The molecule has 6 nitrogen and oxygen atoms in total. The molecule has 0 unspecified atom stereocenters. The van der Waals surface area contributed by atoms with Crippen molar-refractivity contribution in [3.8, 4) is 11.1 Å². The number of fused-ring (bicyclic) bond motifs is 1. The highest BCUT2D eigenvalue weighted by molar-refractivity contribution is 5.95. The number of amides is 1. The lowest BCUT2D eigenvalue weighted by atomic mass is 10.0. The number of nitrogens with one attached hydrogen (secondary N) is 2. The SMILES string of the molecule is CCN(CCC(=O)Nc1ccccc1-c1ccccc1)Cc1nc2ccccc2c(=O)[nH]1. The van der Waals surface area contributed by atoms with Gasteiger partial charge in [0.1, 0.15) is 5.82 Å². The van der Waals surface area contributed by atoms with Crippen molar-refractivity contribution >= 4 is 22.5 Å². The van der Waals surface area contributed by atoms with Gasteiger partial charge in [0.2, 0.25) is 5.91 Å². The minimum Gasteiger partial charge on any atom is -0.325 e. The third-order valence-corrected chi connectivity index (χ3v) is 5.42. The molecule has 0 radical (unpaired) electrons. The third-order valence-electron chi connectivity index (χ3n) is 5.42. The number of carbonyl (C=O) groups excluding carboxylic acids is 1. The van der Waals surface area contributed by atoms with Crippen LogP contribution in [0.4, 0.5) is 5.69 Å². The van der Waals surface area contributed by atoms with Crippen LogP contribution in [0.15, 0.2) is 83.7 Å². The summed E-state index contributed by atoms with van der Waals surface area (Å²) in [6.07, 6.45) is 0.342. The van der Waals surface area contributed by atoms with Crippen molar-refractivity contribution in [2.45, 2.75) is 19.9 Å². The summed E-state index contributed by atoms with van der Waals surface area (Å²) in [4.78, 5) is 34.5. The van der Waals surface area contributed by atoms with Crippen molar-refractivity contribution in [1.29, 1.82) is 0 Å². The Morgan fingerprint density at radius 1 is 0.969 bits per heavy atom. The average molecular weight is 427 g/mol. The summed E-state index contributed by atoms with van der Waals surface area (Å²) in [5.74, 6) is 0.553. The highest BCUT2D eigenvalue weighted by Gasteiger charge is 2.12. The number of benzene rings is 3. The van der Waals surface area contributed by atoms with E-state index in [9.17, 15) is 9.59 Å². The molecular weight excluding hydrogens is 400 g/mol. The molecule has 0 bridgehead atoms. The van der Waals surface area contributed by atoms with Crippen LogP contribution in [0.1, 0.15) is 19.2 Å². The zero-order chi connectivity index (χ0) is 22.3. The number of nitrogens with zero attached hydrogens (tertiary/aromatic N) is 2. The molecule has 0 aliphatic heterocycles. The van der Waals surface area contributed by atoms with Gasteiger partial charge in [-0.1, -0.05) is 67.6 Å². The molecule has 0 spiro atoms. The summed E-state index contributed by atoms with van der Waals surface area (Å²) >= 11 is 0. The fraction of sp³-hybridized carbons (Fsp3) is 0.192. The first-order valence-corrected chi connectivity index (χ1v) is 10.8. The standard InChI is InChI=1S/C26H26N4O2/c1-2-30(18-24-27-23-15-9-7-13-21(23)26(32)29-24)17-16-25(31)28-22-14-8-6-12-20(22)19-10-4-3-5-11-19/h3-15H,2,16-18H2,1H3,(H,28,31)(H,27,29,32). The summed E-state index contributed by atoms with van der Waals surface area (Å²) in [5, 5.41) is 3.63. The maximum absolute atomic E-state index is 12.7. The third kappa shape index (κ3) is 5.10. The first-order valence-electron chi connectivity index (χ1n) is 10.8. The molecule has 1 aromatic heterocycles. The molecule has 1 heterocycles. The number of rotatable bonds is 8. The first-order chi connectivity index (χ1) is 15.6. The molecule has 2 N–H and O–H groups in total. The summed E-state index contributed by atoms with van der Waals surface area (Å²) in [6.45, 7) is 3.81. The van der Waals surface area contributed by atoms with Crippen LogP contribution < -0.4 is 10.9 Å². The van der Waals surface area contributed by atoms with Crippen molar-refractivity contribution in [2.24, 2.45) is 0 Å².